The van der Waals surface area contributed by atoms with Crippen molar-refractivity contribution in [3.05, 3.63) is 17.9 Å². The number of benzene rings is 1. The van der Waals surface area contributed by atoms with Crippen molar-refractivity contribution in [1.29, 1.82) is 0 Å². The van der Waals surface area contributed by atoms with Crippen LogP contribution in [0.4, 0.5) is 34.1 Å². The highest BCUT2D eigenvalue weighted by Gasteiger charge is 2.52. The van der Waals surface area contributed by atoms with E-state index in [1.807, 2.05) is 5.92 Å². The summed E-state index contributed by atoms with van der Waals surface area (Å²) in [7, 11) is 2.73. The molecule has 2 aliphatic heterocycles. The van der Waals surface area contributed by atoms with Crippen LogP contribution in [-0.2, 0) is 4.79 Å². The lowest BCUT2D eigenvalue weighted by Crippen LogP contribution is -2.69. The molecule has 1 aromatic carbocycles. The monoisotopic (exact) mass is 413 g/mol. The summed E-state index contributed by atoms with van der Waals surface area (Å²) in [4.78, 5) is 37.8. The van der Waals surface area contributed by atoms with E-state index in [1.165, 1.54) is 14.1 Å². The number of terminal acetylenes is 1. The Kier molecular flexibility index (Phi) is 4.32. The molecule has 146 valence electrons. The molecule has 1 N–H and O–H groups in total. The summed E-state index contributed by atoms with van der Waals surface area (Å²) in [6.07, 6.45) is 0.875. The summed E-state index contributed by atoms with van der Waals surface area (Å²) >= 11 is 4.94. The fourth-order valence-electron chi connectivity index (χ4n) is 2.62. The molecular weight excluding hydrogens is 401 g/mol. The summed E-state index contributed by atoms with van der Waals surface area (Å²) in [5, 5.41) is 2.14. The molecule has 1 fully saturated rings. The number of rotatable bonds is 2. The summed E-state index contributed by atoms with van der Waals surface area (Å²) in [6, 6.07) is -0.532. The van der Waals surface area contributed by atoms with Crippen molar-refractivity contribution in [3.8, 4) is 18.1 Å². The predicted octanol–water partition coefficient (Wildman–Crippen LogP) is 1.79. The number of amides is 5. The van der Waals surface area contributed by atoms with Crippen LogP contribution in [0, 0.1) is 18.2 Å². The first-order chi connectivity index (χ1) is 12.9. The molecule has 0 aliphatic carbocycles. The van der Waals surface area contributed by atoms with Gasteiger partial charge in [-0.25, -0.2) is 14.0 Å². The van der Waals surface area contributed by atoms with E-state index in [0.29, 0.717) is 15.9 Å². The zero-order valence-corrected chi connectivity index (χ0v) is 15.3. The number of imide groups is 1. The number of carbonyl (C=O) groups excluding carboxylic acids is 3. The number of anilines is 2. The highest BCUT2D eigenvalue weighted by molar-refractivity contribution is 7.80. The van der Waals surface area contributed by atoms with Gasteiger partial charge in [-0.2, -0.15) is 18.2 Å². The molecule has 0 bridgehead atoms. The van der Waals surface area contributed by atoms with Crippen LogP contribution < -0.4 is 19.9 Å². The van der Waals surface area contributed by atoms with E-state index >= 15 is 0 Å². The molecule has 0 saturated carbocycles. The first-order valence-corrected chi connectivity index (χ1v) is 8.02. The average molecular weight is 413 g/mol. The third kappa shape index (κ3) is 2.76. The molecular formula is C16H12F3N4O4S+. The van der Waals surface area contributed by atoms with E-state index in [0.717, 1.165) is 6.07 Å². The molecule has 1 saturated heterocycles. The fourth-order valence-corrected chi connectivity index (χ4v) is 2.78. The van der Waals surface area contributed by atoms with E-state index in [9.17, 15) is 27.6 Å². The lowest BCUT2D eigenvalue weighted by atomic mass is 10.1. The minimum absolute atomic E-state index is 0.114. The molecule has 0 unspecified atom stereocenters. The van der Waals surface area contributed by atoms with E-state index in [4.69, 9.17) is 18.6 Å². The topological polar surface area (TPSA) is 79.0 Å². The van der Waals surface area contributed by atoms with Crippen molar-refractivity contribution in [2.75, 3.05) is 30.4 Å². The molecule has 1 aromatic rings. The summed E-state index contributed by atoms with van der Waals surface area (Å²) in [6.45, 7) is -0.568. The van der Waals surface area contributed by atoms with E-state index in [2.05, 4.69) is 10.1 Å². The molecule has 0 radical (unpaired) electrons. The highest BCUT2D eigenvalue weighted by atomic mass is 32.1. The van der Waals surface area contributed by atoms with Crippen molar-refractivity contribution in [2.45, 2.75) is 6.11 Å². The first-order valence-electron chi connectivity index (χ1n) is 7.61. The molecule has 3 rings (SSSR count). The number of nitrogens with zero attached hydrogens (tertiary/aromatic N) is 3. The van der Waals surface area contributed by atoms with Gasteiger partial charge in [-0.3, -0.25) is 15.0 Å². The molecule has 0 spiro atoms. The quantitative estimate of drug-likeness (QED) is 0.454. The van der Waals surface area contributed by atoms with Crippen LogP contribution in [0.3, 0.4) is 0 Å². The molecule has 28 heavy (non-hydrogen) atoms. The van der Waals surface area contributed by atoms with Crippen LogP contribution in [0.25, 0.3) is 0 Å². The van der Waals surface area contributed by atoms with Crippen LogP contribution >= 0.6 is 12.2 Å². The number of fused-ring (bicyclic) bond motifs is 1. The van der Waals surface area contributed by atoms with Crippen LogP contribution in [0.2, 0.25) is 0 Å². The van der Waals surface area contributed by atoms with Gasteiger partial charge in [-0.1, -0.05) is 5.92 Å². The van der Waals surface area contributed by atoms with Crippen molar-refractivity contribution in [3.63, 3.8) is 0 Å². The Morgan fingerprint density at radius 1 is 1.29 bits per heavy atom. The van der Waals surface area contributed by atoms with E-state index in [-0.39, 0.29) is 10.8 Å². The summed E-state index contributed by atoms with van der Waals surface area (Å²) < 4.78 is 45.8. The second kappa shape index (κ2) is 6.18. The normalized spacial score (nSPS) is 20.3. The van der Waals surface area contributed by atoms with Gasteiger partial charge >= 0.3 is 24.1 Å². The summed E-state index contributed by atoms with van der Waals surface area (Å²) in [5.74, 6) is -1.60. The highest BCUT2D eigenvalue weighted by Crippen LogP contribution is 2.43. The number of nitrogens with one attached hydrogen (secondary N) is 1. The molecule has 8 nitrogen and oxygen atoms in total. The Morgan fingerprint density at radius 3 is 2.54 bits per heavy atom. The van der Waals surface area contributed by atoms with Crippen molar-refractivity contribution in [2.24, 2.45) is 0 Å². The van der Waals surface area contributed by atoms with Gasteiger partial charge in [0.05, 0.1) is 32.0 Å². The van der Waals surface area contributed by atoms with Crippen LogP contribution in [0.15, 0.2) is 12.1 Å². The number of alkyl halides is 2. The Bertz CT molecular complexity index is 989. The number of hydrogen-bond acceptors (Lipinski definition) is 5. The van der Waals surface area contributed by atoms with Gasteiger partial charge in [-0.15, -0.1) is 6.42 Å². The second-order valence-corrected chi connectivity index (χ2v) is 6.68. The van der Waals surface area contributed by atoms with Crippen LogP contribution in [0.1, 0.15) is 0 Å². The van der Waals surface area contributed by atoms with Gasteiger partial charge in [-0.05, 0) is 6.07 Å². The maximum absolute atomic E-state index is 14.6. The number of quaternary nitrogens is 1. The minimum atomic E-state index is -4.25. The number of hydrogen-bond donors (Lipinski definition) is 1. The molecule has 0 aromatic heterocycles. The first kappa shape index (κ1) is 19.6. The number of carbonyl (C=O) groups is 3. The lowest BCUT2D eigenvalue weighted by Gasteiger charge is -2.37. The maximum Gasteiger partial charge on any atom is 0.483 e. The zero-order valence-electron chi connectivity index (χ0n) is 14.5. The third-order valence-corrected chi connectivity index (χ3v) is 4.69. The molecule has 2 heterocycles. The van der Waals surface area contributed by atoms with Crippen LogP contribution in [0.5, 0.6) is 5.75 Å². The number of halogens is 3. The standard InChI is InChI=1S/C16H11F3N4O4S/c1-4-5-21-10-7-9(8(17)6-11(10)27-16(18,19)12(21)24)22-13(25)20-14(28)23(2,3)15(22)26/h1,6-7H,5H2,2-3H3/p+1. The number of urea groups is 2. The van der Waals surface area contributed by atoms with Gasteiger partial charge in [0.2, 0.25) is 0 Å². The number of ether oxygens (including phenoxy) is 1. The largest absolute Gasteiger partial charge is 0.483 e. The van der Waals surface area contributed by atoms with E-state index in [1.54, 1.807) is 0 Å². The summed E-state index contributed by atoms with van der Waals surface area (Å²) in [5.41, 5.74) is -0.900. The SMILES string of the molecule is C#CCN1C(=O)C(F)(F)Oc2cc(F)c(N3C(=O)NC(=S)[N+](C)(C)C3=O)cc21. The Balaban J connectivity index is 2.17. The smallest absolute Gasteiger partial charge is 0.423 e. The van der Waals surface area contributed by atoms with Crippen molar-refractivity contribution >= 4 is 46.7 Å². The second-order valence-electron chi connectivity index (χ2n) is 6.29. The molecule has 12 heteroatoms. The average Bonchev–Trinajstić information content (AvgIpc) is 2.58. The lowest BCUT2D eigenvalue weighted by molar-refractivity contribution is -0.710. The van der Waals surface area contributed by atoms with Gasteiger partial charge in [0, 0.05) is 18.3 Å². The van der Waals surface area contributed by atoms with Gasteiger partial charge < -0.3 is 4.74 Å². The minimum Gasteiger partial charge on any atom is -0.423 e. The zero-order chi connectivity index (χ0) is 21.0. The van der Waals surface area contributed by atoms with Gasteiger partial charge in [0.1, 0.15) is 0 Å². The van der Waals surface area contributed by atoms with Gasteiger partial charge in [0.25, 0.3) is 5.11 Å². The number of thiocarbonyl (C=S) groups is 1. The van der Waals surface area contributed by atoms with Gasteiger partial charge in [0.15, 0.2) is 11.6 Å². The maximum atomic E-state index is 14.6. The van der Waals surface area contributed by atoms with Crippen molar-refractivity contribution < 1.29 is 36.8 Å². The predicted molar refractivity (Wildman–Crippen MR) is 94.3 cm³/mol. The van der Waals surface area contributed by atoms with Crippen molar-refractivity contribution in [1.82, 2.24) is 5.32 Å². The Labute approximate surface area is 162 Å². The van der Waals surface area contributed by atoms with Crippen LogP contribution in [-0.4, -0.2) is 54.3 Å². The van der Waals surface area contributed by atoms with E-state index < -0.39 is 52.4 Å². The third-order valence-electron chi connectivity index (χ3n) is 4.14. The Morgan fingerprint density at radius 2 is 1.93 bits per heavy atom. The molecule has 2 aliphatic rings. The Hall–Kier alpha value is -3.17. The molecule has 5 amide bonds. The molecule has 0 atom stereocenters. The fraction of sp³-hybridized carbons (Fsp3) is 0.250.